The van der Waals surface area contributed by atoms with E-state index in [0.717, 1.165) is 19.5 Å². The Morgan fingerprint density at radius 2 is 2.12 bits per heavy atom. The second kappa shape index (κ2) is 4.36. The number of nitrogens with zero attached hydrogens (tertiary/aromatic N) is 1. The number of hydrogen-bond acceptors (Lipinski definition) is 3. The Bertz CT molecular complexity index is 361. The zero-order chi connectivity index (χ0) is 11.6. The van der Waals surface area contributed by atoms with Crippen molar-refractivity contribution in [2.24, 2.45) is 0 Å². The van der Waals surface area contributed by atoms with Gasteiger partial charge >= 0.3 is 0 Å². The van der Waals surface area contributed by atoms with Crippen LogP contribution in [-0.4, -0.2) is 29.4 Å². The van der Waals surface area contributed by atoms with E-state index in [9.17, 15) is 4.79 Å². The van der Waals surface area contributed by atoms with E-state index in [-0.39, 0.29) is 11.6 Å². The summed E-state index contributed by atoms with van der Waals surface area (Å²) in [4.78, 5) is 13.3. The molecule has 0 aromatic heterocycles. The summed E-state index contributed by atoms with van der Waals surface area (Å²) >= 11 is 0. The fraction of sp³-hybridized carbons (Fsp3) is 0.462. The fourth-order valence-electron chi connectivity index (χ4n) is 2.19. The molecule has 3 nitrogen and oxygen atoms in total. The highest BCUT2D eigenvalue weighted by Gasteiger charge is 2.39. The van der Waals surface area contributed by atoms with Crippen LogP contribution in [0.15, 0.2) is 30.3 Å². The average Bonchev–Trinajstić information content (AvgIpc) is 2.55. The number of nitrogens with one attached hydrogen (secondary N) is 1. The first-order valence-electron chi connectivity index (χ1n) is 5.62. The number of carbonyl (C=O) groups is 1. The van der Waals surface area contributed by atoms with Gasteiger partial charge in [-0.05, 0) is 19.4 Å². The van der Waals surface area contributed by atoms with Gasteiger partial charge in [0.15, 0.2) is 0 Å². The minimum atomic E-state index is -0.128. The summed E-state index contributed by atoms with van der Waals surface area (Å²) in [6.07, 6.45) is 1.04. The van der Waals surface area contributed by atoms with Crippen molar-refractivity contribution < 1.29 is 4.79 Å². The van der Waals surface area contributed by atoms with Gasteiger partial charge < -0.3 is 4.79 Å². The number of hydrogen-bond donors (Lipinski definition) is 1. The molecule has 1 atom stereocenters. The zero-order valence-electron chi connectivity index (χ0n) is 9.81. The molecule has 1 aliphatic rings. The largest absolute Gasteiger partial charge is 0.302 e. The van der Waals surface area contributed by atoms with Gasteiger partial charge in [-0.1, -0.05) is 30.3 Å². The highest BCUT2D eigenvalue weighted by Crippen LogP contribution is 2.22. The van der Waals surface area contributed by atoms with Crippen LogP contribution in [0, 0.1) is 0 Å². The van der Waals surface area contributed by atoms with E-state index in [4.69, 9.17) is 0 Å². The van der Waals surface area contributed by atoms with E-state index >= 15 is 0 Å². The Labute approximate surface area is 96.5 Å². The molecule has 1 aliphatic heterocycles. The summed E-state index contributed by atoms with van der Waals surface area (Å²) < 4.78 is 0. The summed E-state index contributed by atoms with van der Waals surface area (Å²) in [5.41, 5.74) is 1.12. The summed E-state index contributed by atoms with van der Waals surface area (Å²) in [5.74, 6) is 0. The summed E-state index contributed by atoms with van der Waals surface area (Å²) in [6.45, 7) is 5.72. The highest BCUT2D eigenvalue weighted by atomic mass is 16.1. The summed E-state index contributed by atoms with van der Waals surface area (Å²) in [5, 5.41) is 3.36. The van der Waals surface area contributed by atoms with Crippen molar-refractivity contribution in [3.8, 4) is 0 Å². The van der Waals surface area contributed by atoms with Crippen LogP contribution in [0.25, 0.3) is 0 Å². The molecule has 3 heteroatoms. The van der Waals surface area contributed by atoms with E-state index in [2.05, 4.69) is 36.2 Å². The van der Waals surface area contributed by atoms with Gasteiger partial charge in [0, 0.05) is 18.8 Å². The molecular weight excluding hydrogens is 200 g/mol. The Balaban J connectivity index is 2.09. The van der Waals surface area contributed by atoms with Crippen molar-refractivity contribution in [1.82, 2.24) is 10.2 Å². The van der Waals surface area contributed by atoms with E-state index in [1.165, 1.54) is 5.56 Å². The Morgan fingerprint density at radius 3 is 2.75 bits per heavy atom. The van der Waals surface area contributed by atoms with Gasteiger partial charge in [-0.2, -0.15) is 0 Å². The lowest BCUT2D eigenvalue weighted by molar-refractivity contribution is -0.112. The predicted molar refractivity (Wildman–Crippen MR) is 63.9 cm³/mol. The fourth-order valence-corrected chi connectivity index (χ4v) is 2.19. The maximum atomic E-state index is 11.1. The Hall–Kier alpha value is -1.19. The summed E-state index contributed by atoms with van der Waals surface area (Å²) in [6, 6.07) is 10.2. The lowest BCUT2D eigenvalue weighted by Crippen LogP contribution is -2.45. The first-order chi connectivity index (χ1) is 7.63. The molecule has 0 radical (unpaired) electrons. The third kappa shape index (κ3) is 2.15. The van der Waals surface area contributed by atoms with E-state index in [1.807, 2.05) is 18.2 Å². The zero-order valence-corrected chi connectivity index (χ0v) is 9.81. The van der Waals surface area contributed by atoms with E-state index in [1.54, 1.807) is 0 Å². The summed E-state index contributed by atoms with van der Waals surface area (Å²) in [7, 11) is 0. The van der Waals surface area contributed by atoms with Gasteiger partial charge in [0.2, 0.25) is 0 Å². The van der Waals surface area contributed by atoms with Crippen molar-refractivity contribution in [3.63, 3.8) is 0 Å². The Kier molecular flexibility index (Phi) is 3.08. The molecule has 86 valence electrons. The van der Waals surface area contributed by atoms with Gasteiger partial charge in [-0.3, -0.25) is 10.2 Å². The molecule has 0 aliphatic carbocycles. The van der Waals surface area contributed by atoms with Gasteiger partial charge in [0.05, 0.1) is 6.04 Å². The van der Waals surface area contributed by atoms with Crippen LogP contribution < -0.4 is 5.32 Å². The smallest absolute Gasteiger partial charge is 0.139 e. The molecule has 0 saturated carbocycles. The SMILES string of the molecule is CC1(C)NCN(Cc2ccccc2)C1C=O. The number of benzene rings is 1. The topological polar surface area (TPSA) is 32.3 Å². The first kappa shape index (κ1) is 11.3. The molecular formula is C13H18N2O. The number of aldehydes is 1. The van der Waals surface area contributed by atoms with Crippen LogP contribution in [-0.2, 0) is 11.3 Å². The maximum absolute atomic E-state index is 11.1. The molecule has 1 aromatic rings. The van der Waals surface area contributed by atoms with Crippen molar-refractivity contribution in [1.29, 1.82) is 0 Å². The van der Waals surface area contributed by atoms with Crippen LogP contribution >= 0.6 is 0 Å². The minimum absolute atomic E-state index is 0.0484. The standard InChI is InChI=1S/C13H18N2O/c1-13(2)12(9-16)15(10-14-13)8-11-6-4-3-5-7-11/h3-7,9,12,14H,8,10H2,1-2H3. The van der Waals surface area contributed by atoms with Crippen molar-refractivity contribution in [2.45, 2.75) is 32.0 Å². The molecule has 1 aromatic carbocycles. The van der Waals surface area contributed by atoms with Gasteiger partial charge in [-0.15, -0.1) is 0 Å². The molecule has 0 amide bonds. The number of rotatable bonds is 3. The van der Waals surface area contributed by atoms with Crippen LogP contribution in [0.2, 0.25) is 0 Å². The van der Waals surface area contributed by atoms with Gasteiger partial charge in [-0.25, -0.2) is 0 Å². The monoisotopic (exact) mass is 218 g/mol. The quantitative estimate of drug-likeness (QED) is 0.778. The first-order valence-corrected chi connectivity index (χ1v) is 5.62. The molecule has 1 fully saturated rings. The third-order valence-corrected chi connectivity index (χ3v) is 3.23. The molecule has 1 unspecified atom stereocenters. The van der Waals surface area contributed by atoms with Crippen LogP contribution in [0.4, 0.5) is 0 Å². The van der Waals surface area contributed by atoms with Crippen molar-refractivity contribution in [3.05, 3.63) is 35.9 Å². The molecule has 1 heterocycles. The molecule has 2 rings (SSSR count). The molecule has 16 heavy (non-hydrogen) atoms. The second-order valence-corrected chi connectivity index (χ2v) is 4.87. The molecule has 1 saturated heterocycles. The van der Waals surface area contributed by atoms with E-state index < -0.39 is 0 Å². The third-order valence-electron chi connectivity index (χ3n) is 3.23. The average molecular weight is 218 g/mol. The second-order valence-electron chi connectivity index (χ2n) is 4.87. The maximum Gasteiger partial charge on any atom is 0.139 e. The van der Waals surface area contributed by atoms with E-state index in [0.29, 0.717) is 0 Å². The minimum Gasteiger partial charge on any atom is -0.302 e. The van der Waals surface area contributed by atoms with Gasteiger partial charge in [0.1, 0.15) is 6.29 Å². The normalized spacial score (nSPS) is 24.5. The van der Waals surface area contributed by atoms with Crippen LogP contribution in [0.1, 0.15) is 19.4 Å². The lowest BCUT2D eigenvalue weighted by atomic mass is 9.97. The van der Waals surface area contributed by atoms with Crippen LogP contribution in [0.5, 0.6) is 0 Å². The van der Waals surface area contributed by atoms with Crippen molar-refractivity contribution >= 4 is 6.29 Å². The predicted octanol–water partition coefficient (Wildman–Crippen LogP) is 1.40. The van der Waals surface area contributed by atoms with Crippen LogP contribution in [0.3, 0.4) is 0 Å². The van der Waals surface area contributed by atoms with Crippen molar-refractivity contribution in [2.75, 3.05) is 6.67 Å². The number of carbonyl (C=O) groups excluding carboxylic acids is 1. The molecule has 0 bridgehead atoms. The van der Waals surface area contributed by atoms with Gasteiger partial charge in [0.25, 0.3) is 0 Å². The Morgan fingerprint density at radius 1 is 1.44 bits per heavy atom. The molecule has 0 spiro atoms. The highest BCUT2D eigenvalue weighted by molar-refractivity contribution is 5.61. The lowest BCUT2D eigenvalue weighted by Gasteiger charge is -2.26. The molecule has 1 N–H and O–H groups in total.